The van der Waals surface area contributed by atoms with Gasteiger partial charge in [0.15, 0.2) is 4.21 Å². The number of hydrogen-bond acceptors (Lipinski definition) is 5. The topological polar surface area (TPSA) is 58.6 Å². The quantitative estimate of drug-likeness (QED) is 0.867. The molecule has 2 rings (SSSR count). The number of hydrogen-bond donors (Lipinski definition) is 1. The largest absolute Gasteiger partial charge is 0.494 e. The molecule has 0 amide bonds. The van der Waals surface area contributed by atoms with Crippen LogP contribution in [0.2, 0.25) is 0 Å². The van der Waals surface area contributed by atoms with Gasteiger partial charge in [-0.25, -0.2) is 13.1 Å². The second kappa shape index (κ2) is 7.09. The molecule has 2 atom stereocenters. The Morgan fingerprint density at radius 2 is 2.33 bits per heavy atom. The highest BCUT2D eigenvalue weighted by Gasteiger charge is 2.25. The summed E-state index contributed by atoms with van der Waals surface area (Å²) < 4.78 is 32.9. The summed E-state index contributed by atoms with van der Waals surface area (Å²) in [5.74, 6) is 1.10. The molecule has 21 heavy (non-hydrogen) atoms. The Morgan fingerprint density at radius 3 is 3.00 bits per heavy atom. The average molecular weight is 332 g/mol. The summed E-state index contributed by atoms with van der Waals surface area (Å²) in [5, 5.41) is 1.73. The van der Waals surface area contributed by atoms with Crippen LogP contribution in [0.15, 0.2) is 15.7 Å². The molecule has 1 saturated heterocycles. The molecule has 5 nitrogen and oxygen atoms in total. The van der Waals surface area contributed by atoms with Gasteiger partial charge in [-0.3, -0.25) is 0 Å². The Labute approximate surface area is 131 Å². The molecule has 120 valence electrons. The fourth-order valence-corrected chi connectivity index (χ4v) is 5.35. The molecule has 0 saturated carbocycles. The Morgan fingerprint density at radius 1 is 1.57 bits per heavy atom. The fourth-order valence-electron chi connectivity index (χ4n) is 2.83. The van der Waals surface area contributed by atoms with E-state index in [4.69, 9.17) is 4.74 Å². The van der Waals surface area contributed by atoms with Gasteiger partial charge in [0.05, 0.1) is 7.11 Å². The highest BCUT2D eigenvalue weighted by Crippen LogP contribution is 2.29. The number of piperidine rings is 1. The lowest BCUT2D eigenvalue weighted by Gasteiger charge is -2.32. The van der Waals surface area contributed by atoms with E-state index in [1.807, 2.05) is 6.92 Å². The first-order chi connectivity index (χ1) is 9.92. The number of thiophene rings is 1. The number of sulfonamides is 1. The summed E-state index contributed by atoms with van der Waals surface area (Å²) in [6.45, 7) is 7.01. The Hall–Kier alpha value is -0.630. The van der Waals surface area contributed by atoms with Crippen molar-refractivity contribution in [3.63, 3.8) is 0 Å². The van der Waals surface area contributed by atoms with Crippen LogP contribution >= 0.6 is 11.3 Å². The van der Waals surface area contributed by atoms with Crippen LogP contribution in [0.1, 0.15) is 26.7 Å². The minimum Gasteiger partial charge on any atom is -0.494 e. The van der Waals surface area contributed by atoms with Gasteiger partial charge in [0.2, 0.25) is 0 Å². The molecule has 0 unspecified atom stereocenters. The van der Waals surface area contributed by atoms with Crippen molar-refractivity contribution >= 4 is 21.4 Å². The van der Waals surface area contributed by atoms with E-state index >= 15 is 0 Å². The molecule has 1 N–H and O–H groups in total. The predicted octanol–water partition coefficient (Wildman–Crippen LogP) is 2.16. The summed E-state index contributed by atoms with van der Waals surface area (Å²) in [6, 6.07) is 1.56. The smallest absolute Gasteiger partial charge is 0.254 e. The van der Waals surface area contributed by atoms with Crippen LogP contribution < -0.4 is 9.46 Å². The number of ether oxygens (including phenoxy) is 1. The van der Waals surface area contributed by atoms with Gasteiger partial charge < -0.3 is 9.64 Å². The lowest BCUT2D eigenvalue weighted by atomic mass is 10.00. The van der Waals surface area contributed by atoms with Crippen molar-refractivity contribution in [1.82, 2.24) is 9.62 Å². The minimum atomic E-state index is -3.51. The third-order valence-electron chi connectivity index (χ3n) is 3.69. The van der Waals surface area contributed by atoms with Gasteiger partial charge in [-0.1, -0.05) is 6.92 Å². The maximum atomic E-state index is 12.4. The Balaban J connectivity index is 1.96. The molecular weight excluding hydrogens is 308 g/mol. The van der Waals surface area contributed by atoms with Gasteiger partial charge in [-0.2, -0.15) is 0 Å². The second-order valence-corrected chi connectivity index (χ2v) is 8.63. The van der Waals surface area contributed by atoms with Crippen LogP contribution in [0.25, 0.3) is 0 Å². The van der Waals surface area contributed by atoms with E-state index in [-0.39, 0.29) is 10.3 Å². The number of nitrogens with zero attached hydrogens (tertiary/aromatic N) is 1. The zero-order valence-corrected chi connectivity index (χ0v) is 14.5. The minimum absolute atomic E-state index is 0.118. The molecule has 1 fully saturated rings. The molecular formula is C14H24N2O3S2. The molecule has 0 aromatic carbocycles. The third-order valence-corrected chi connectivity index (χ3v) is 6.73. The number of likely N-dealkylation sites (tertiary alicyclic amines) is 1. The van der Waals surface area contributed by atoms with Crippen molar-refractivity contribution in [1.29, 1.82) is 0 Å². The van der Waals surface area contributed by atoms with E-state index in [9.17, 15) is 8.42 Å². The van der Waals surface area contributed by atoms with Gasteiger partial charge in [-0.05, 0) is 43.7 Å². The van der Waals surface area contributed by atoms with E-state index in [0.717, 1.165) is 19.6 Å². The van der Waals surface area contributed by atoms with E-state index in [2.05, 4.69) is 16.5 Å². The molecule has 0 bridgehead atoms. The molecule has 1 aromatic heterocycles. The lowest BCUT2D eigenvalue weighted by Crippen LogP contribution is -2.45. The van der Waals surface area contributed by atoms with Gasteiger partial charge >= 0.3 is 0 Å². The van der Waals surface area contributed by atoms with Crippen molar-refractivity contribution in [2.24, 2.45) is 5.92 Å². The molecule has 1 aliphatic rings. The maximum Gasteiger partial charge on any atom is 0.254 e. The molecule has 0 spiro atoms. The first-order valence-corrected chi connectivity index (χ1v) is 9.65. The lowest BCUT2D eigenvalue weighted by molar-refractivity contribution is 0.174. The summed E-state index contributed by atoms with van der Waals surface area (Å²) in [4.78, 5) is 2.34. The third kappa shape index (κ3) is 4.42. The molecule has 0 radical (unpaired) electrons. The fraction of sp³-hybridized carbons (Fsp3) is 0.714. The van der Waals surface area contributed by atoms with E-state index in [1.165, 1.54) is 31.3 Å². The van der Waals surface area contributed by atoms with Crippen LogP contribution in [0.3, 0.4) is 0 Å². The standard InChI is InChI=1S/C14H24N2O3S2/c1-11-5-4-7-16(9-11)10-12(2)15-21(17,18)14-13(19-3)6-8-20-14/h6,8,11-12,15H,4-5,7,9-10H2,1-3H3/t11-,12+/m1/s1. The first-order valence-electron chi connectivity index (χ1n) is 7.28. The van der Waals surface area contributed by atoms with E-state index in [1.54, 1.807) is 11.4 Å². The van der Waals surface area contributed by atoms with Crippen molar-refractivity contribution in [2.75, 3.05) is 26.7 Å². The summed E-state index contributed by atoms with van der Waals surface area (Å²) in [5.41, 5.74) is 0. The number of nitrogens with one attached hydrogen (secondary N) is 1. The normalized spacial score (nSPS) is 22.1. The van der Waals surface area contributed by atoms with Crippen LogP contribution in [0, 0.1) is 5.92 Å². The average Bonchev–Trinajstić information content (AvgIpc) is 2.86. The Bertz CT molecular complexity index is 556. The van der Waals surface area contributed by atoms with Crippen molar-refractivity contribution in [3.8, 4) is 5.75 Å². The van der Waals surface area contributed by atoms with Crippen molar-refractivity contribution in [3.05, 3.63) is 11.4 Å². The van der Waals surface area contributed by atoms with Gasteiger partial charge in [0, 0.05) is 19.1 Å². The molecule has 1 aliphatic heterocycles. The monoisotopic (exact) mass is 332 g/mol. The van der Waals surface area contributed by atoms with Crippen LogP contribution in [-0.2, 0) is 10.0 Å². The zero-order valence-electron chi connectivity index (χ0n) is 12.8. The summed E-state index contributed by atoms with van der Waals surface area (Å²) in [6.07, 6.45) is 2.46. The van der Waals surface area contributed by atoms with E-state index in [0.29, 0.717) is 11.7 Å². The maximum absolute atomic E-state index is 12.4. The first kappa shape index (κ1) is 16.7. The summed E-state index contributed by atoms with van der Waals surface area (Å²) in [7, 11) is -2.02. The molecule has 7 heteroatoms. The van der Waals surface area contributed by atoms with Crippen molar-refractivity contribution in [2.45, 2.75) is 36.9 Å². The highest BCUT2D eigenvalue weighted by atomic mass is 32.2. The second-order valence-electron chi connectivity index (χ2n) is 5.81. The molecule has 2 heterocycles. The molecule has 1 aromatic rings. The van der Waals surface area contributed by atoms with E-state index < -0.39 is 10.0 Å². The van der Waals surface area contributed by atoms with Gasteiger partial charge in [-0.15, -0.1) is 11.3 Å². The highest BCUT2D eigenvalue weighted by molar-refractivity contribution is 7.91. The van der Waals surface area contributed by atoms with Crippen LogP contribution in [-0.4, -0.2) is 46.1 Å². The van der Waals surface area contributed by atoms with Crippen molar-refractivity contribution < 1.29 is 13.2 Å². The summed E-state index contributed by atoms with van der Waals surface area (Å²) >= 11 is 1.18. The Kier molecular flexibility index (Phi) is 5.65. The van der Waals surface area contributed by atoms with Gasteiger partial charge in [0.1, 0.15) is 5.75 Å². The number of rotatable bonds is 6. The predicted molar refractivity (Wildman–Crippen MR) is 85.5 cm³/mol. The van der Waals surface area contributed by atoms with Crippen LogP contribution in [0.5, 0.6) is 5.75 Å². The number of methoxy groups -OCH3 is 1. The molecule has 0 aliphatic carbocycles. The van der Waals surface area contributed by atoms with Crippen LogP contribution in [0.4, 0.5) is 0 Å². The zero-order chi connectivity index (χ0) is 15.5. The SMILES string of the molecule is COc1ccsc1S(=O)(=O)N[C@@H](C)CN1CCC[C@@H](C)C1. The van der Waals surface area contributed by atoms with Gasteiger partial charge in [0.25, 0.3) is 10.0 Å².